The molecule has 1 aliphatic heterocycles. The Balaban J connectivity index is 1.47. The Morgan fingerprint density at radius 1 is 1.27 bits per heavy atom. The number of alkyl halides is 5. The van der Waals surface area contributed by atoms with Gasteiger partial charge < -0.3 is 10.2 Å². The molecule has 0 aromatic carbocycles. The molecule has 0 aliphatic carbocycles. The van der Waals surface area contributed by atoms with Crippen molar-refractivity contribution in [2.24, 2.45) is 0 Å². The van der Waals surface area contributed by atoms with Crippen LogP contribution in [0, 0.1) is 0 Å². The van der Waals surface area contributed by atoms with Crippen LogP contribution in [0.1, 0.15) is 24.8 Å². The van der Waals surface area contributed by atoms with Crippen molar-refractivity contribution in [1.82, 2.24) is 29.3 Å². The second kappa shape index (κ2) is 9.16. The molecule has 0 fully saturated rings. The van der Waals surface area contributed by atoms with Gasteiger partial charge in [0.2, 0.25) is 11.9 Å². The van der Waals surface area contributed by atoms with Gasteiger partial charge in [0.05, 0.1) is 18.3 Å². The zero-order valence-corrected chi connectivity index (χ0v) is 17.3. The Bertz CT molecular complexity index is 1170. The number of hydrogen-bond acceptors (Lipinski definition) is 5. The monoisotopic (exact) mass is 469 g/mol. The maximum absolute atomic E-state index is 12.5. The number of nitrogens with zero attached hydrogens (tertiary/aromatic N) is 6. The third-order valence-electron chi connectivity index (χ3n) is 5.11. The molecule has 8 nitrogen and oxygen atoms in total. The zero-order valence-electron chi connectivity index (χ0n) is 17.3. The van der Waals surface area contributed by atoms with Crippen molar-refractivity contribution < 1.29 is 26.7 Å². The second-order valence-electron chi connectivity index (χ2n) is 7.53. The largest absolute Gasteiger partial charge is 0.389 e. The van der Waals surface area contributed by atoms with E-state index in [9.17, 15) is 26.7 Å². The van der Waals surface area contributed by atoms with E-state index in [0.29, 0.717) is 24.3 Å². The van der Waals surface area contributed by atoms with Crippen molar-refractivity contribution in [3.63, 3.8) is 0 Å². The van der Waals surface area contributed by atoms with Gasteiger partial charge in [-0.2, -0.15) is 23.3 Å². The molecule has 0 bridgehead atoms. The number of pyridine rings is 1. The van der Waals surface area contributed by atoms with Crippen LogP contribution in [0.5, 0.6) is 0 Å². The second-order valence-corrected chi connectivity index (χ2v) is 7.53. The smallest absolute Gasteiger partial charge is 0.339 e. The van der Waals surface area contributed by atoms with Crippen LogP contribution >= 0.6 is 0 Å². The van der Waals surface area contributed by atoms with E-state index in [1.165, 1.54) is 17.3 Å². The molecule has 0 unspecified atom stereocenters. The molecule has 1 N–H and O–H groups in total. The maximum Gasteiger partial charge on any atom is 0.389 e. The van der Waals surface area contributed by atoms with E-state index in [1.807, 2.05) is 6.07 Å². The van der Waals surface area contributed by atoms with Crippen LogP contribution in [0.25, 0.3) is 11.2 Å². The summed E-state index contributed by atoms with van der Waals surface area (Å²) >= 11 is 0. The number of hydrogen-bond donors (Lipinski definition) is 1. The highest BCUT2D eigenvalue weighted by atomic mass is 19.4. The van der Waals surface area contributed by atoms with Crippen molar-refractivity contribution in [1.29, 1.82) is 0 Å². The fourth-order valence-corrected chi connectivity index (χ4v) is 3.56. The number of amides is 1. The summed E-state index contributed by atoms with van der Waals surface area (Å²) in [6.07, 6.45) is -1.78. The number of rotatable bonds is 7. The van der Waals surface area contributed by atoms with Crippen molar-refractivity contribution in [2.75, 3.05) is 18.4 Å². The van der Waals surface area contributed by atoms with E-state index >= 15 is 0 Å². The van der Waals surface area contributed by atoms with E-state index in [1.54, 1.807) is 22.9 Å². The number of nitrogens with one attached hydrogen (secondary N) is 1. The summed E-state index contributed by atoms with van der Waals surface area (Å²) in [5.74, 6) is -0.276. The van der Waals surface area contributed by atoms with Gasteiger partial charge in [-0.15, -0.1) is 5.10 Å². The van der Waals surface area contributed by atoms with Crippen LogP contribution in [0.4, 0.5) is 33.6 Å². The van der Waals surface area contributed by atoms with Crippen LogP contribution < -0.4 is 5.32 Å². The Morgan fingerprint density at radius 3 is 2.79 bits per heavy atom. The van der Waals surface area contributed by atoms with Crippen LogP contribution in [0.2, 0.25) is 0 Å². The lowest BCUT2D eigenvalue weighted by Gasteiger charge is -2.27. The molecule has 3 aromatic heterocycles. The van der Waals surface area contributed by atoms with Crippen LogP contribution in [0.3, 0.4) is 0 Å². The van der Waals surface area contributed by atoms with E-state index in [-0.39, 0.29) is 12.5 Å². The predicted molar refractivity (Wildman–Crippen MR) is 109 cm³/mol. The lowest BCUT2D eigenvalue weighted by Crippen LogP contribution is -2.35. The quantitative estimate of drug-likeness (QED) is 0.531. The van der Waals surface area contributed by atoms with E-state index in [2.05, 4.69) is 20.5 Å². The number of fused-ring (bicyclic) bond motifs is 1. The number of carbonyl (C=O) groups is 1. The van der Waals surface area contributed by atoms with Crippen LogP contribution in [-0.2, 0) is 11.3 Å². The normalized spacial score (nSPS) is 14.7. The first kappa shape index (κ1) is 22.7. The lowest BCUT2D eigenvalue weighted by molar-refractivity contribution is -0.148. The summed E-state index contributed by atoms with van der Waals surface area (Å²) in [5.41, 5.74) is 2.69. The molecule has 176 valence electrons. The maximum atomic E-state index is 12.5. The number of aromatic nitrogens is 5. The summed E-state index contributed by atoms with van der Waals surface area (Å²) in [5, 5.41) is 11.1. The van der Waals surface area contributed by atoms with Gasteiger partial charge in [-0.05, 0) is 24.1 Å². The van der Waals surface area contributed by atoms with Crippen LogP contribution in [0.15, 0.2) is 36.8 Å². The molecule has 1 aliphatic rings. The Kier molecular flexibility index (Phi) is 6.29. The molecule has 0 saturated carbocycles. The third kappa shape index (κ3) is 5.65. The first-order chi connectivity index (χ1) is 15.7. The Hall–Kier alpha value is -3.51. The summed E-state index contributed by atoms with van der Waals surface area (Å²) < 4.78 is 64.8. The Labute approximate surface area is 184 Å². The van der Waals surface area contributed by atoms with Gasteiger partial charge in [-0.3, -0.25) is 9.48 Å². The van der Waals surface area contributed by atoms with Gasteiger partial charge in [-0.1, -0.05) is 6.08 Å². The first-order valence-corrected chi connectivity index (χ1v) is 10.1. The van der Waals surface area contributed by atoms with Crippen molar-refractivity contribution >= 4 is 28.8 Å². The minimum absolute atomic E-state index is 0.218. The van der Waals surface area contributed by atoms with Gasteiger partial charge in [0.1, 0.15) is 6.54 Å². The molecule has 13 heteroatoms. The van der Waals surface area contributed by atoms with E-state index in [0.717, 1.165) is 15.8 Å². The van der Waals surface area contributed by atoms with Gasteiger partial charge in [0.25, 0.3) is 6.43 Å². The summed E-state index contributed by atoms with van der Waals surface area (Å²) in [7, 11) is 0. The average Bonchev–Trinajstić information content (AvgIpc) is 3.37. The van der Waals surface area contributed by atoms with E-state index < -0.39 is 37.9 Å². The van der Waals surface area contributed by atoms with Gasteiger partial charge in [-0.25, -0.2) is 13.3 Å². The minimum atomic E-state index is -4.36. The predicted octanol–water partition coefficient (Wildman–Crippen LogP) is 3.89. The molecule has 3 aromatic rings. The average molecular weight is 469 g/mol. The van der Waals surface area contributed by atoms with Gasteiger partial charge in [0, 0.05) is 37.5 Å². The highest BCUT2D eigenvalue weighted by molar-refractivity contribution is 5.81. The molecule has 1 amide bonds. The molecule has 0 spiro atoms. The molecule has 33 heavy (non-hydrogen) atoms. The third-order valence-corrected chi connectivity index (χ3v) is 5.11. The fraction of sp³-hybridized carbons (Fsp3) is 0.400. The molecule has 0 atom stereocenters. The Morgan fingerprint density at radius 2 is 2.09 bits per heavy atom. The van der Waals surface area contributed by atoms with Crippen molar-refractivity contribution in [2.45, 2.75) is 38.4 Å². The highest BCUT2D eigenvalue weighted by Gasteiger charge is 2.29. The lowest BCUT2D eigenvalue weighted by atomic mass is 10.00. The summed E-state index contributed by atoms with van der Waals surface area (Å²) in [6, 6.07) is 3.63. The standard InChI is InChI=1S/C20H20F5N7O/c21-16(22)12-31-11-14(10-26-31)27-19-28-18-15(2-1-7-32(18)29-19)13-4-8-30(9-5-13)17(33)3-6-20(23,24)25/h1-2,4,7,10-11,16H,3,5-6,8-9,12H2,(H,27,29). The molecule has 0 radical (unpaired) electrons. The SMILES string of the molecule is O=C(CCC(F)(F)F)N1CC=C(c2cccn3nc(Nc4cnn(CC(F)F)c4)nc23)CC1. The highest BCUT2D eigenvalue weighted by Crippen LogP contribution is 2.28. The minimum Gasteiger partial charge on any atom is -0.339 e. The van der Waals surface area contributed by atoms with E-state index in [4.69, 9.17) is 0 Å². The van der Waals surface area contributed by atoms with Crippen molar-refractivity contribution in [3.05, 3.63) is 42.4 Å². The zero-order chi connectivity index (χ0) is 23.6. The molecule has 0 saturated heterocycles. The first-order valence-electron chi connectivity index (χ1n) is 10.1. The van der Waals surface area contributed by atoms with Crippen LogP contribution in [-0.4, -0.2) is 60.9 Å². The molecular formula is C20H20F5N7O. The van der Waals surface area contributed by atoms with Gasteiger partial charge in [0.15, 0.2) is 5.65 Å². The van der Waals surface area contributed by atoms with Gasteiger partial charge >= 0.3 is 6.18 Å². The van der Waals surface area contributed by atoms with Crippen molar-refractivity contribution in [3.8, 4) is 0 Å². The summed E-state index contributed by atoms with van der Waals surface area (Å²) in [6.45, 7) is 0.0100. The number of anilines is 2. The molecule has 4 rings (SSSR count). The topological polar surface area (TPSA) is 80.4 Å². The number of carbonyl (C=O) groups excluding carboxylic acids is 1. The number of halogens is 5. The molecule has 4 heterocycles. The summed E-state index contributed by atoms with van der Waals surface area (Å²) in [4.78, 5) is 17.9. The fourth-order valence-electron chi connectivity index (χ4n) is 3.56. The molecular weight excluding hydrogens is 449 g/mol.